The lowest BCUT2D eigenvalue weighted by Gasteiger charge is -2.46. The zero-order valence-electron chi connectivity index (χ0n) is 22.7. The third-order valence-electron chi connectivity index (χ3n) is 7.11. The van der Waals surface area contributed by atoms with Gasteiger partial charge in [-0.3, -0.25) is 19.5 Å². The number of nitrogens with zero attached hydrogens (tertiary/aromatic N) is 6. The first-order valence-electron chi connectivity index (χ1n) is 12.9. The number of fused-ring (bicyclic) bond motifs is 1. The lowest BCUT2D eigenvalue weighted by molar-refractivity contribution is 0.0102. The summed E-state index contributed by atoms with van der Waals surface area (Å²) in [6, 6.07) is 7.17. The summed E-state index contributed by atoms with van der Waals surface area (Å²) in [5, 5.41) is 16.9. The highest BCUT2D eigenvalue weighted by molar-refractivity contribution is 7.77. The van der Waals surface area contributed by atoms with Crippen LogP contribution in [0.2, 0.25) is 0 Å². The van der Waals surface area contributed by atoms with E-state index >= 15 is 0 Å². The van der Waals surface area contributed by atoms with Crippen LogP contribution >= 0.6 is 0 Å². The van der Waals surface area contributed by atoms with Crippen LogP contribution in [0.5, 0.6) is 5.88 Å². The molecule has 0 saturated carbocycles. The maximum atomic E-state index is 11.1. The number of H-pyrrole nitrogens is 1. The molecule has 208 valence electrons. The Labute approximate surface area is 229 Å². The van der Waals surface area contributed by atoms with Crippen LogP contribution in [-0.4, -0.2) is 82.3 Å². The monoisotopic (exact) mass is 554 g/mol. The number of methoxy groups -OCH3 is 1. The third-order valence-corrected chi connectivity index (χ3v) is 7.50. The van der Waals surface area contributed by atoms with Gasteiger partial charge in [0.05, 0.1) is 30.9 Å². The molecule has 1 aliphatic heterocycles. The highest BCUT2D eigenvalue weighted by Crippen LogP contribution is 2.34. The number of aromatic nitrogens is 5. The second kappa shape index (κ2) is 11.5. The van der Waals surface area contributed by atoms with Crippen LogP contribution in [0.4, 0.5) is 0 Å². The van der Waals surface area contributed by atoms with Gasteiger partial charge in [0.15, 0.2) is 0 Å². The Morgan fingerprint density at radius 2 is 1.95 bits per heavy atom. The minimum Gasteiger partial charge on any atom is -0.481 e. The van der Waals surface area contributed by atoms with Gasteiger partial charge in [0.1, 0.15) is 0 Å². The SMILES string of the molecule is COc1ncc(-c2cc(-c3nnc(CN4C[C@@H](C)N(C(C)C)[C@@H](C)C4)o3)c3cn[nH]c3c2)cc1CNS(=O)O. The van der Waals surface area contributed by atoms with Gasteiger partial charge < -0.3 is 9.15 Å². The van der Waals surface area contributed by atoms with Gasteiger partial charge >= 0.3 is 0 Å². The zero-order valence-corrected chi connectivity index (χ0v) is 23.5. The smallest absolute Gasteiger partial charge is 0.248 e. The van der Waals surface area contributed by atoms with Crippen LogP contribution in [0.15, 0.2) is 35.0 Å². The van der Waals surface area contributed by atoms with Crippen molar-refractivity contribution < 1.29 is 17.9 Å². The average molecular weight is 555 g/mol. The maximum Gasteiger partial charge on any atom is 0.248 e. The van der Waals surface area contributed by atoms with Crippen molar-refractivity contribution in [2.75, 3.05) is 20.2 Å². The summed E-state index contributed by atoms with van der Waals surface area (Å²) >= 11 is -2.16. The van der Waals surface area contributed by atoms with E-state index in [4.69, 9.17) is 13.7 Å². The molecule has 3 aromatic heterocycles. The van der Waals surface area contributed by atoms with E-state index in [0.717, 1.165) is 40.7 Å². The molecule has 13 heteroatoms. The minimum atomic E-state index is -2.16. The van der Waals surface area contributed by atoms with Gasteiger partial charge in [-0.25, -0.2) is 13.9 Å². The molecule has 0 radical (unpaired) electrons. The van der Waals surface area contributed by atoms with Crippen LogP contribution in [0.25, 0.3) is 33.5 Å². The minimum absolute atomic E-state index is 0.113. The van der Waals surface area contributed by atoms with E-state index in [-0.39, 0.29) is 6.54 Å². The van der Waals surface area contributed by atoms with Gasteiger partial charge in [-0.05, 0) is 51.5 Å². The summed E-state index contributed by atoms with van der Waals surface area (Å²) in [5.74, 6) is 1.36. The van der Waals surface area contributed by atoms with Crippen LogP contribution in [-0.2, 0) is 24.4 Å². The molecule has 4 aromatic rings. The summed E-state index contributed by atoms with van der Waals surface area (Å²) < 4.78 is 34.3. The molecule has 1 unspecified atom stereocenters. The van der Waals surface area contributed by atoms with E-state index in [1.165, 1.54) is 7.11 Å². The Morgan fingerprint density at radius 1 is 1.18 bits per heavy atom. The first kappa shape index (κ1) is 27.3. The van der Waals surface area contributed by atoms with Gasteiger partial charge in [-0.1, -0.05) is 0 Å². The number of hydrogen-bond acceptors (Lipinski definition) is 9. The molecule has 39 heavy (non-hydrogen) atoms. The topological polar surface area (TPSA) is 146 Å². The van der Waals surface area contributed by atoms with E-state index in [1.807, 2.05) is 18.2 Å². The van der Waals surface area contributed by atoms with Gasteiger partial charge in [0.2, 0.25) is 28.9 Å². The largest absolute Gasteiger partial charge is 0.481 e. The summed E-state index contributed by atoms with van der Waals surface area (Å²) in [4.78, 5) is 9.31. The van der Waals surface area contributed by atoms with Crippen molar-refractivity contribution in [3.8, 4) is 28.5 Å². The molecule has 1 saturated heterocycles. The lowest BCUT2D eigenvalue weighted by Crippen LogP contribution is -2.58. The Balaban J connectivity index is 1.43. The van der Waals surface area contributed by atoms with Crippen molar-refractivity contribution in [1.29, 1.82) is 0 Å². The Bertz CT molecular complexity index is 1460. The molecule has 4 heterocycles. The van der Waals surface area contributed by atoms with E-state index in [2.05, 4.69) is 67.6 Å². The van der Waals surface area contributed by atoms with Crippen molar-refractivity contribution in [3.05, 3.63) is 42.0 Å². The highest BCUT2D eigenvalue weighted by atomic mass is 32.2. The van der Waals surface area contributed by atoms with E-state index in [0.29, 0.717) is 47.9 Å². The van der Waals surface area contributed by atoms with Crippen molar-refractivity contribution in [2.45, 2.75) is 58.9 Å². The molecular formula is C26H34N8O4S. The number of pyridine rings is 1. The maximum absolute atomic E-state index is 11.1. The molecule has 0 bridgehead atoms. The van der Waals surface area contributed by atoms with Gasteiger partial charge in [0, 0.05) is 60.5 Å². The summed E-state index contributed by atoms with van der Waals surface area (Å²) in [6.45, 7) is 11.6. The predicted octanol–water partition coefficient (Wildman–Crippen LogP) is 3.21. The molecule has 0 spiro atoms. The van der Waals surface area contributed by atoms with Crippen LogP contribution < -0.4 is 9.46 Å². The first-order valence-corrected chi connectivity index (χ1v) is 14.0. The zero-order chi connectivity index (χ0) is 27.7. The van der Waals surface area contributed by atoms with Gasteiger partial charge in [0.25, 0.3) is 0 Å². The number of benzene rings is 1. The molecule has 0 aliphatic carbocycles. The second-order valence-electron chi connectivity index (χ2n) is 10.3. The van der Waals surface area contributed by atoms with E-state index in [1.54, 1.807) is 12.4 Å². The molecule has 0 amide bonds. The van der Waals surface area contributed by atoms with Crippen LogP contribution in [0, 0.1) is 0 Å². The molecule has 1 fully saturated rings. The predicted molar refractivity (Wildman–Crippen MR) is 148 cm³/mol. The molecule has 3 N–H and O–H groups in total. The first-order chi connectivity index (χ1) is 18.7. The number of piperazine rings is 1. The standard InChI is InChI=1S/C26H34N8O4S/c1-15(2)34-16(3)12-33(13-17(34)4)14-24-31-32-26(38-24)21-7-18(8-23-22(21)11-28-30-23)19-6-20(10-29-39(35)36)25(37-5)27-9-19/h6-9,11,15-17,29H,10,12-14H2,1-5H3,(H,28,30)(H,35,36)/t16-,17+. The van der Waals surface area contributed by atoms with Gasteiger partial charge in [-0.15, -0.1) is 10.2 Å². The number of hydrogen-bond donors (Lipinski definition) is 3. The van der Waals surface area contributed by atoms with Crippen molar-refractivity contribution in [1.82, 2.24) is 39.9 Å². The van der Waals surface area contributed by atoms with Crippen molar-refractivity contribution >= 4 is 22.2 Å². The number of nitrogens with one attached hydrogen (secondary N) is 2. The molecule has 1 aromatic carbocycles. The second-order valence-corrected chi connectivity index (χ2v) is 11.0. The average Bonchev–Trinajstić information content (AvgIpc) is 3.55. The number of rotatable bonds is 9. The fourth-order valence-electron chi connectivity index (χ4n) is 5.71. The Morgan fingerprint density at radius 3 is 2.64 bits per heavy atom. The van der Waals surface area contributed by atoms with Gasteiger partial charge in [-0.2, -0.15) is 5.10 Å². The highest BCUT2D eigenvalue weighted by Gasteiger charge is 2.31. The summed E-state index contributed by atoms with van der Waals surface area (Å²) in [5.41, 5.74) is 3.84. The fourth-order valence-corrected chi connectivity index (χ4v) is 5.99. The Hall–Kier alpha value is -3.23. The number of aromatic amines is 1. The van der Waals surface area contributed by atoms with Crippen LogP contribution in [0.1, 0.15) is 39.1 Å². The lowest BCUT2D eigenvalue weighted by atomic mass is 10.0. The third kappa shape index (κ3) is 5.87. The molecular weight excluding hydrogens is 520 g/mol. The van der Waals surface area contributed by atoms with E-state index < -0.39 is 11.3 Å². The molecule has 1 aliphatic rings. The summed E-state index contributed by atoms with van der Waals surface area (Å²) in [6.07, 6.45) is 3.43. The fraction of sp³-hybridized carbons (Fsp3) is 0.462. The van der Waals surface area contributed by atoms with Crippen LogP contribution in [0.3, 0.4) is 0 Å². The normalized spacial score (nSPS) is 19.7. The summed E-state index contributed by atoms with van der Waals surface area (Å²) in [7, 11) is 1.51. The van der Waals surface area contributed by atoms with E-state index in [9.17, 15) is 4.21 Å². The molecule has 3 atom stereocenters. The van der Waals surface area contributed by atoms with Crippen molar-refractivity contribution in [2.24, 2.45) is 0 Å². The quantitative estimate of drug-likeness (QED) is 0.264. The number of ether oxygens (including phenoxy) is 1. The molecule has 12 nitrogen and oxygen atoms in total. The molecule has 5 rings (SSSR count). The van der Waals surface area contributed by atoms with Crippen molar-refractivity contribution in [3.63, 3.8) is 0 Å². The Kier molecular flexibility index (Phi) is 8.05.